The van der Waals surface area contributed by atoms with E-state index < -0.39 is 0 Å². The molecule has 100 valence electrons. The normalized spacial score (nSPS) is 12.1. The summed E-state index contributed by atoms with van der Waals surface area (Å²) in [5, 5.41) is 7.87. The molecule has 0 fully saturated rings. The third-order valence-corrected chi connectivity index (χ3v) is 3.59. The molecule has 2 aromatic rings. The molecule has 7 heteroatoms. The molecule has 6 nitrogen and oxygen atoms in total. The van der Waals surface area contributed by atoms with Crippen LogP contribution < -0.4 is 0 Å². The highest BCUT2D eigenvalue weighted by Crippen LogP contribution is 2.27. The lowest BCUT2D eigenvalue weighted by Crippen LogP contribution is -2.17. The Morgan fingerprint density at radius 3 is 2.79 bits per heavy atom. The Morgan fingerprint density at radius 1 is 1.42 bits per heavy atom. The van der Waals surface area contributed by atoms with Gasteiger partial charge in [0.1, 0.15) is 5.25 Å². The number of methoxy groups -OCH3 is 1. The standard InChI is InChI=1S/C12H13N3O3S/c1-3-9(11(16)17-2)19-12-15-14-10(18-12)8-4-6-13-7-5-8/h4-7,9H,3H2,1-2H3/t9-/m1/s1. The van der Waals surface area contributed by atoms with Crippen molar-refractivity contribution in [2.45, 2.75) is 23.8 Å². The molecular formula is C12H13N3O3S. The number of rotatable bonds is 5. The summed E-state index contributed by atoms with van der Waals surface area (Å²) < 4.78 is 10.2. The molecule has 0 N–H and O–H groups in total. The van der Waals surface area contributed by atoms with Crippen LogP contribution in [0, 0.1) is 0 Å². The van der Waals surface area contributed by atoms with Gasteiger partial charge < -0.3 is 9.15 Å². The van der Waals surface area contributed by atoms with Crippen LogP contribution in [0.5, 0.6) is 0 Å². The number of aromatic nitrogens is 3. The molecule has 0 spiro atoms. The largest absolute Gasteiger partial charge is 0.468 e. The van der Waals surface area contributed by atoms with Crippen LogP contribution in [0.2, 0.25) is 0 Å². The maximum atomic E-state index is 11.5. The Balaban J connectivity index is 2.11. The molecule has 19 heavy (non-hydrogen) atoms. The van der Waals surface area contributed by atoms with Gasteiger partial charge in [-0.05, 0) is 18.6 Å². The van der Waals surface area contributed by atoms with Crippen molar-refractivity contribution >= 4 is 17.7 Å². The Morgan fingerprint density at radius 2 is 2.16 bits per heavy atom. The second-order valence-electron chi connectivity index (χ2n) is 3.65. The molecule has 0 aliphatic carbocycles. The zero-order valence-corrected chi connectivity index (χ0v) is 11.4. The number of hydrogen-bond acceptors (Lipinski definition) is 7. The molecule has 0 aliphatic rings. The van der Waals surface area contributed by atoms with E-state index in [4.69, 9.17) is 9.15 Å². The van der Waals surface area contributed by atoms with Gasteiger partial charge in [0.25, 0.3) is 5.22 Å². The summed E-state index contributed by atoms with van der Waals surface area (Å²) in [5.41, 5.74) is 0.792. The predicted molar refractivity (Wildman–Crippen MR) is 69.5 cm³/mol. The summed E-state index contributed by atoms with van der Waals surface area (Å²) in [6, 6.07) is 3.55. The molecule has 0 bridgehead atoms. The number of pyridine rings is 1. The van der Waals surface area contributed by atoms with Gasteiger partial charge in [0, 0.05) is 18.0 Å². The molecular weight excluding hydrogens is 266 g/mol. The monoisotopic (exact) mass is 279 g/mol. The lowest BCUT2D eigenvalue weighted by Gasteiger charge is -2.08. The molecule has 0 aliphatic heterocycles. The summed E-state index contributed by atoms with van der Waals surface area (Å²) in [5.74, 6) is 0.112. The number of carbonyl (C=O) groups is 1. The van der Waals surface area contributed by atoms with Gasteiger partial charge in [-0.3, -0.25) is 9.78 Å². The van der Waals surface area contributed by atoms with Crippen LogP contribution in [0.4, 0.5) is 0 Å². The van der Waals surface area contributed by atoms with Gasteiger partial charge in [0.05, 0.1) is 7.11 Å². The second-order valence-corrected chi connectivity index (χ2v) is 4.80. The van der Waals surface area contributed by atoms with Crippen LogP contribution in [0.15, 0.2) is 34.2 Å². The molecule has 0 unspecified atom stereocenters. The molecule has 0 radical (unpaired) electrons. The van der Waals surface area contributed by atoms with Crippen molar-refractivity contribution in [1.82, 2.24) is 15.2 Å². The van der Waals surface area contributed by atoms with Crippen molar-refractivity contribution in [2.24, 2.45) is 0 Å². The fraction of sp³-hybridized carbons (Fsp3) is 0.333. The smallest absolute Gasteiger partial charge is 0.319 e. The maximum absolute atomic E-state index is 11.5. The third kappa shape index (κ3) is 3.31. The first-order chi connectivity index (χ1) is 9.24. The van der Waals surface area contributed by atoms with Crippen molar-refractivity contribution in [1.29, 1.82) is 0 Å². The van der Waals surface area contributed by atoms with Gasteiger partial charge in [-0.25, -0.2) is 0 Å². The topological polar surface area (TPSA) is 78.1 Å². The van der Waals surface area contributed by atoms with Crippen LogP contribution in [0.1, 0.15) is 13.3 Å². The summed E-state index contributed by atoms with van der Waals surface area (Å²) in [4.78, 5) is 15.4. The zero-order chi connectivity index (χ0) is 13.7. The number of hydrogen-bond donors (Lipinski definition) is 0. The average Bonchev–Trinajstić information content (AvgIpc) is 2.93. The minimum absolute atomic E-state index is 0.295. The second kappa shape index (κ2) is 6.33. The van der Waals surface area contributed by atoms with Crippen LogP contribution in [-0.4, -0.2) is 33.5 Å². The van der Waals surface area contributed by atoms with Crippen LogP contribution in [-0.2, 0) is 9.53 Å². The number of esters is 1. The fourth-order valence-electron chi connectivity index (χ4n) is 1.42. The minimum atomic E-state index is -0.337. The van der Waals surface area contributed by atoms with E-state index in [1.54, 1.807) is 24.5 Å². The van der Waals surface area contributed by atoms with E-state index in [9.17, 15) is 4.79 Å². The average molecular weight is 279 g/mol. The van der Waals surface area contributed by atoms with Crippen molar-refractivity contribution in [3.63, 3.8) is 0 Å². The fourth-order valence-corrected chi connectivity index (χ4v) is 2.24. The van der Waals surface area contributed by atoms with Gasteiger partial charge in [0.2, 0.25) is 5.89 Å². The van der Waals surface area contributed by atoms with E-state index in [2.05, 4.69) is 15.2 Å². The molecule has 0 saturated carbocycles. The minimum Gasteiger partial charge on any atom is -0.468 e. The van der Waals surface area contributed by atoms with Crippen LogP contribution in [0.25, 0.3) is 11.5 Å². The predicted octanol–water partition coefficient (Wildman–Crippen LogP) is 2.18. The van der Waals surface area contributed by atoms with E-state index in [1.807, 2.05) is 6.92 Å². The van der Waals surface area contributed by atoms with E-state index in [0.29, 0.717) is 17.5 Å². The first-order valence-corrected chi connectivity index (χ1v) is 6.61. The summed E-state index contributed by atoms with van der Waals surface area (Å²) in [7, 11) is 1.36. The highest BCUT2D eigenvalue weighted by atomic mass is 32.2. The first kappa shape index (κ1) is 13.5. The summed E-state index contributed by atoms with van der Waals surface area (Å²) in [6.45, 7) is 1.90. The number of nitrogens with zero attached hydrogens (tertiary/aromatic N) is 3. The zero-order valence-electron chi connectivity index (χ0n) is 10.6. The maximum Gasteiger partial charge on any atom is 0.319 e. The molecule has 2 heterocycles. The summed E-state index contributed by atoms with van der Waals surface area (Å²) in [6.07, 6.45) is 3.93. The van der Waals surface area contributed by atoms with Gasteiger partial charge in [-0.15, -0.1) is 10.2 Å². The van der Waals surface area contributed by atoms with Crippen molar-refractivity contribution in [3.8, 4) is 11.5 Å². The van der Waals surface area contributed by atoms with Gasteiger partial charge >= 0.3 is 5.97 Å². The Kier molecular flexibility index (Phi) is 4.51. The van der Waals surface area contributed by atoms with Crippen LogP contribution >= 0.6 is 11.8 Å². The highest BCUT2D eigenvalue weighted by molar-refractivity contribution is 8.00. The Labute approximate surface area is 114 Å². The molecule has 0 aromatic carbocycles. The Hall–Kier alpha value is -1.89. The summed E-state index contributed by atoms with van der Waals surface area (Å²) >= 11 is 1.21. The van der Waals surface area contributed by atoms with E-state index in [1.165, 1.54) is 18.9 Å². The van der Waals surface area contributed by atoms with Crippen molar-refractivity contribution < 1.29 is 13.9 Å². The number of carbonyl (C=O) groups excluding carboxylic acids is 1. The SMILES string of the molecule is CC[C@@H](Sc1nnc(-c2ccncc2)o1)C(=O)OC. The molecule has 0 saturated heterocycles. The highest BCUT2D eigenvalue weighted by Gasteiger charge is 2.21. The molecule has 0 amide bonds. The van der Waals surface area contributed by atoms with Crippen molar-refractivity contribution in [3.05, 3.63) is 24.5 Å². The number of ether oxygens (including phenoxy) is 1. The third-order valence-electron chi connectivity index (χ3n) is 2.41. The quantitative estimate of drug-likeness (QED) is 0.613. The first-order valence-electron chi connectivity index (χ1n) is 5.73. The van der Waals surface area contributed by atoms with E-state index in [0.717, 1.165) is 5.56 Å². The molecule has 2 rings (SSSR count). The van der Waals surface area contributed by atoms with Crippen molar-refractivity contribution in [2.75, 3.05) is 7.11 Å². The lowest BCUT2D eigenvalue weighted by molar-refractivity contribution is -0.140. The van der Waals surface area contributed by atoms with E-state index >= 15 is 0 Å². The lowest BCUT2D eigenvalue weighted by atomic mass is 10.3. The molecule has 1 atom stereocenters. The van der Waals surface area contributed by atoms with E-state index in [-0.39, 0.29) is 11.2 Å². The number of thioether (sulfide) groups is 1. The van der Waals surface area contributed by atoms with Gasteiger partial charge in [0.15, 0.2) is 0 Å². The van der Waals surface area contributed by atoms with Gasteiger partial charge in [-0.2, -0.15) is 0 Å². The van der Waals surface area contributed by atoms with Crippen LogP contribution in [0.3, 0.4) is 0 Å². The van der Waals surface area contributed by atoms with Gasteiger partial charge in [-0.1, -0.05) is 18.7 Å². The molecule has 2 aromatic heterocycles. The Bertz CT molecular complexity index is 544.